The lowest BCUT2D eigenvalue weighted by Crippen LogP contribution is -2.41. The standard InChI is InChI=1S/C28H34N4O3/c1-20-23(18-30-31-20)7-4-15-32-16-13-21(24(19-32)8-11-28(33)34)5-3-6-22-12-14-29-27-10-9-25(35-2)17-26(22)27/h9-10,12,14,17-18,21,24H,3,5-6,8,11,13,15-16,19H2,1-2H3,(H,30,31)(H,33,34)/t21-,24+/m1/s1. The van der Waals surface area contributed by atoms with Crippen molar-refractivity contribution in [2.45, 2.75) is 45.4 Å². The number of pyridine rings is 1. The highest BCUT2D eigenvalue weighted by molar-refractivity contribution is 5.83. The molecule has 0 spiro atoms. The second-order valence-electron chi connectivity index (χ2n) is 9.43. The van der Waals surface area contributed by atoms with Crippen molar-refractivity contribution in [3.63, 3.8) is 0 Å². The second kappa shape index (κ2) is 11.9. The molecule has 0 amide bonds. The summed E-state index contributed by atoms with van der Waals surface area (Å²) < 4.78 is 5.41. The molecule has 2 aromatic heterocycles. The number of aromatic nitrogens is 3. The average molecular weight is 475 g/mol. The van der Waals surface area contributed by atoms with Crippen molar-refractivity contribution in [2.24, 2.45) is 11.8 Å². The molecule has 7 heteroatoms. The van der Waals surface area contributed by atoms with Gasteiger partial charge in [0.25, 0.3) is 0 Å². The number of carbonyl (C=O) groups is 1. The Bertz CT molecular complexity index is 1210. The molecule has 0 unspecified atom stereocenters. The predicted octanol–water partition coefficient (Wildman–Crippen LogP) is 4.45. The minimum absolute atomic E-state index is 0.226. The third-order valence-electron chi connectivity index (χ3n) is 7.12. The van der Waals surface area contributed by atoms with Crippen molar-refractivity contribution in [3.8, 4) is 17.6 Å². The van der Waals surface area contributed by atoms with Gasteiger partial charge in [-0.25, -0.2) is 0 Å². The molecule has 7 nitrogen and oxygen atoms in total. The molecule has 3 heterocycles. The number of aliphatic carboxylic acids is 1. The van der Waals surface area contributed by atoms with Crippen LogP contribution in [-0.2, 0) is 11.2 Å². The molecule has 3 aromatic rings. The first-order chi connectivity index (χ1) is 17.0. The van der Waals surface area contributed by atoms with Gasteiger partial charge in [0.2, 0.25) is 0 Å². The highest BCUT2D eigenvalue weighted by Gasteiger charge is 2.29. The van der Waals surface area contributed by atoms with E-state index >= 15 is 0 Å². The van der Waals surface area contributed by atoms with Gasteiger partial charge in [0.1, 0.15) is 5.75 Å². The van der Waals surface area contributed by atoms with Crippen molar-refractivity contribution in [2.75, 3.05) is 26.7 Å². The molecule has 35 heavy (non-hydrogen) atoms. The van der Waals surface area contributed by atoms with Crippen molar-refractivity contribution in [1.82, 2.24) is 20.1 Å². The number of aryl methyl sites for hydroxylation is 2. The maximum Gasteiger partial charge on any atom is 0.303 e. The number of carboxylic acid groups (broad SMARTS) is 1. The molecule has 1 aliphatic heterocycles. The smallest absolute Gasteiger partial charge is 0.303 e. The van der Waals surface area contributed by atoms with E-state index in [1.807, 2.05) is 25.3 Å². The van der Waals surface area contributed by atoms with E-state index in [1.54, 1.807) is 13.3 Å². The van der Waals surface area contributed by atoms with E-state index < -0.39 is 5.97 Å². The summed E-state index contributed by atoms with van der Waals surface area (Å²) in [5.41, 5.74) is 4.19. The third kappa shape index (κ3) is 6.61. The number of benzene rings is 1. The summed E-state index contributed by atoms with van der Waals surface area (Å²) in [5.74, 6) is 7.52. The first-order valence-electron chi connectivity index (χ1n) is 12.4. The van der Waals surface area contributed by atoms with E-state index in [0.29, 0.717) is 18.4 Å². The van der Waals surface area contributed by atoms with Crippen LogP contribution in [0.3, 0.4) is 0 Å². The molecule has 2 N–H and O–H groups in total. The van der Waals surface area contributed by atoms with Crippen LogP contribution in [-0.4, -0.2) is 57.9 Å². The van der Waals surface area contributed by atoms with Crippen LogP contribution in [0.4, 0.5) is 0 Å². The normalized spacial score (nSPS) is 18.2. The Hall–Kier alpha value is -3.37. The molecule has 0 saturated carbocycles. The fraction of sp³-hybridized carbons (Fsp3) is 0.464. The van der Waals surface area contributed by atoms with E-state index in [1.165, 1.54) is 5.56 Å². The first-order valence-corrected chi connectivity index (χ1v) is 12.4. The highest BCUT2D eigenvalue weighted by atomic mass is 16.5. The van der Waals surface area contributed by atoms with Crippen molar-refractivity contribution in [3.05, 3.63) is 53.5 Å². The Morgan fingerprint density at radius 2 is 2.17 bits per heavy atom. The Kier molecular flexibility index (Phi) is 8.38. The molecule has 2 atom stereocenters. The van der Waals surface area contributed by atoms with Gasteiger partial charge in [0.15, 0.2) is 0 Å². The van der Waals surface area contributed by atoms with Crippen LogP contribution in [0.15, 0.2) is 36.7 Å². The van der Waals surface area contributed by atoms with Gasteiger partial charge in [-0.05, 0) is 87.2 Å². The van der Waals surface area contributed by atoms with E-state index in [-0.39, 0.29) is 6.42 Å². The van der Waals surface area contributed by atoms with E-state index in [4.69, 9.17) is 4.74 Å². The predicted molar refractivity (Wildman–Crippen MR) is 136 cm³/mol. The second-order valence-corrected chi connectivity index (χ2v) is 9.43. The lowest BCUT2D eigenvalue weighted by Gasteiger charge is -2.38. The average Bonchev–Trinajstić information content (AvgIpc) is 3.28. The minimum Gasteiger partial charge on any atom is -0.497 e. The van der Waals surface area contributed by atoms with Crippen LogP contribution in [0.2, 0.25) is 0 Å². The molecule has 0 aliphatic carbocycles. The summed E-state index contributed by atoms with van der Waals surface area (Å²) in [7, 11) is 1.69. The number of fused-ring (bicyclic) bond motifs is 1. The number of hydrogen-bond acceptors (Lipinski definition) is 5. The van der Waals surface area contributed by atoms with Gasteiger partial charge in [-0.1, -0.05) is 11.8 Å². The first kappa shape index (κ1) is 24.7. The number of nitrogens with zero attached hydrogens (tertiary/aromatic N) is 3. The number of H-pyrrole nitrogens is 1. The Morgan fingerprint density at radius 1 is 1.29 bits per heavy atom. The molecule has 0 radical (unpaired) electrons. The van der Waals surface area contributed by atoms with E-state index in [0.717, 1.165) is 73.1 Å². The third-order valence-corrected chi connectivity index (χ3v) is 7.12. The van der Waals surface area contributed by atoms with Crippen LogP contribution in [0, 0.1) is 30.6 Å². The van der Waals surface area contributed by atoms with Gasteiger partial charge in [-0.2, -0.15) is 5.10 Å². The lowest BCUT2D eigenvalue weighted by molar-refractivity contribution is -0.137. The van der Waals surface area contributed by atoms with E-state index in [2.05, 4.69) is 44.1 Å². The fourth-order valence-corrected chi connectivity index (χ4v) is 5.12. The van der Waals surface area contributed by atoms with Gasteiger partial charge in [-0.3, -0.25) is 19.8 Å². The number of piperidine rings is 1. The fourth-order valence-electron chi connectivity index (χ4n) is 5.12. The molecule has 0 bridgehead atoms. The number of methoxy groups -OCH3 is 1. The molecule has 184 valence electrons. The summed E-state index contributed by atoms with van der Waals surface area (Å²) in [6.07, 6.45) is 8.83. The van der Waals surface area contributed by atoms with Crippen molar-refractivity contribution in [1.29, 1.82) is 0 Å². The van der Waals surface area contributed by atoms with Crippen LogP contribution in [0.5, 0.6) is 5.75 Å². The molecule has 1 aliphatic rings. The molecule has 1 saturated heterocycles. The van der Waals surface area contributed by atoms with Crippen molar-refractivity contribution >= 4 is 16.9 Å². The molecule has 4 rings (SSSR count). The summed E-state index contributed by atoms with van der Waals surface area (Å²) in [6.45, 7) is 4.58. The monoisotopic (exact) mass is 474 g/mol. The summed E-state index contributed by atoms with van der Waals surface area (Å²) >= 11 is 0. The minimum atomic E-state index is -0.715. The number of ether oxygens (including phenoxy) is 1. The summed E-state index contributed by atoms with van der Waals surface area (Å²) in [4.78, 5) is 18.1. The zero-order valence-electron chi connectivity index (χ0n) is 20.6. The van der Waals surface area contributed by atoms with Crippen LogP contribution in [0.25, 0.3) is 10.9 Å². The molecular weight excluding hydrogens is 440 g/mol. The van der Waals surface area contributed by atoms with Gasteiger partial charge in [0, 0.05) is 30.2 Å². The van der Waals surface area contributed by atoms with E-state index in [9.17, 15) is 9.90 Å². The number of rotatable bonds is 9. The summed E-state index contributed by atoms with van der Waals surface area (Å²) in [6, 6.07) is 8.12. The lowest BCUT2D eigenvalue weighted by atomic mass is 9.79. The number of carboxylic acids is 1. The van der Waals surface area contributed by atoms with Crippen LogP contribution in [0.1, 0.15) is 48.9 Å². The van der Waals surface area contributed by atoms with Gasteiger partial charge in [-0.15, -0.1) is 0 Å². The number of nitrogens with one attached hydrogen (secondary N) is 1. The van der Waals surface area contributed by atoms with Crippen LogP contribution >= 0.6 is 0 Å². The quantitative estimate of drug-likeness (QED) is 0.445. The van der Waals surface area contributed by atoms with Crippen LogP contribution < -0.4 is 4.74 Å². The maximum absolute atomic E-state index is 11.3. The van der Waals surface area contributed by atoms with Crippen molar-refractivity contribution < 1.29 is 14.6 Å². The molecule has 1 fully saturated rings. The highest BCUT2D eigenvalue weighted by Crippen LogP contribution is 2.32. The Morgan fingerprint density at radius 3 is 2.94 bits per heavy atom. The molecule has 1 aromatic carbocycles. The van der Waals surface area contributed by atoms with Gasteiger partial charge in [0.05, 0.1) is 30.9 Å². The summed E-state index contributed by atoms with van der Waals surface area (Å²) in [5, 5.41) is 17.4. The Balaban J connectivity index is 1.36. The zero-order valence-corrected chi connectivity index (χ0v) is 20.6. The topological polar surface area (TPSA) is 91.3 Å². The SMILES string of the molecule is COc1ccc2nccc(CCC[C@@H]3CCN(CC#Cc4cn[nH]c4C)C[C@@H]3CCC(=O)O)c2c1. The number of likely N-dealkylation sites (tertiary alicyclic amines) is 1. The van der Waals surface area contributed by atoms with Gasteiger partial charge >= 0.3 is 5.97 Å². The number of aromatic amines is 1. The molecular formula is C28H34N4O3. The zero-order chi connectivity index (χ0) is 24.6. The number of hydrogen-bond donors (Lipinski definition) is 2. The Labute approximate surface area is 206 Å². The largest absolute Gasteiger partial charge is 0.497 e. The maximum atomic E-state index is 11.3. The van der Waals surface area contributed by atoms with Gasteiger partial charge < -0.3 is 9.84 Å².